The van der Waals surface area contributed by atoms with Crippen molar-refractivity contribution < 1.29 is 75.8 Å². The Labute approximate surface area is 602 Å². The van der Waals surface area contributed by atoms with Crippen molar-refractivity contribution in [1.82, 2.24) is 0 Å². The summed E-state index contributed by atoms with van der Waals surface area (Å²) < 4.78 is 61.1. The average Bonchev–Trinajstić information content (AvgIpc) is 1.37. The van der Waals surface area contributed by atoms with Gasteiger partial charge in [0.25, 0.3) is 0 Å². The Morgan fingerprint density at radius 2 is 0.535 bits per heavy atom. The second kappa shape index (κ2) is 73.9. The maximum Gasteiger partial charge on any atom is 0.472 e. The lowest BCUT2D eigenvalue weighted by atomic mass is 10.0. The molecule has 0 radical (unpaired) electrons. The Hall–Kier alpha value is -3.79. The first kappa shape index (κ1) is 95.2. The summed E-state index contributed by atoms with van der Waals surface area (Å²) in [6.07, 6.45) is 85.6. The number of phosphoric acid groups is 2. The van der Waals surface area contributed by atoms with E-state index in [1.54, 1.807) is 0 Å². The number of hydrogen-bond donors (Lipinski definition) is 4. The number of carbonyl (C=O) groups excluding carboxylic acids is 3. The molecular formula is C81H142O16P2. The van der Waals surface area contributed by atoms with E-state index in [1.807, 2.05) is 0 Å². The van der Waals surface area contributed by atoms with Crippen LogP contribution in [0.5, 0.6) is 0 Å². The molecule has 4 N–H and O–H groups in total. The SMILES string of the molecule is CC/C=C\C/C=C\C/C=C\C/C=C\C/C=C\CCCCCCCCCCCC(=O)OCC(O)COP(=O)(O)OCC(O)COP(=O)(O)OCC(COC(=O)CCCCCCCCCCC/C=C\C/C=C\C/C=C\C/C=C\CCCCC)OC(=O)CCCCCCCCCCCCCCC. The standard InChI is InChI=1S/C81H142O16P2/c1-4-7-10-13-16-19-22-25-27-29-31-33-35-37-39-41-43-45-47-50-52-55-58-61-64-67-79(84)91-70-76(82)71-93-98(87,88)94-72-77(83)73-95-99(89,90)96-75-78(97-81(86)69-66-63-60-57-54-49-24-21-18-15-12-9-6-3)74-92-80(85)68-65-62-59-56-53-51-48-46-44-42-40-38-36-34-32-30-28-26-23-20-17-14-11-8-5-2/h7,10,16-17,19-20,25-28,31-34,37-40,76-78,82-83H,4-6,8-9,11-15,18,21-24,29-30,35-36,41-75H2,1-3H3,(H,87,88)(H,89,90)/b10-7-,19-16-,20-17-,27-25-,28-26-,33-31-,34-32-,39-37-,40-38-. The second-order valence-electron chi connectivity index (χ2n) is 26.1. The summed E-state index contributed by atoms with van der Waals surface area (Å²) in [5, 5.41) is 20.6. The van der Waals surface area contributed by atoms with Gasteiger partial charge in [-0.25, -0.2) is 9.13 Å². The van der Waals surface area contributed by atoms with Crippen LogP contribution in [-0.2, 0) is 55.8 Å². The van der Waals surface area contributed by atoms with Gasteiger partial charge in [-0.1, -0.05) is 310 Å². The van der Waals surface area contributed by atoms with Gasteiger partial charge in [0.2, 0.25) is 0 Å². The molecule has 0 aromatic carbocycles. The Morgan fingerprint density at radius 1 is 0.293 bits per heavy atom. The molecule has 0 saturated carbocycles. The number of aliphatic hydroxyl groups excluding tert-OH is 2. The maximum atomic E-state index is 13.0. The normalized spacial score (nSPS) is 14.6. The van der Waals surface area contributed by atoms with Crippen molar-refractivity contribution in [1.29, 1.82) is 0 Å². The van der Waals surface area contributed by atoms with Gasteiger partial charge >= 0.3 is 33.6 Å². The minimum absolute atomic E-state index is 0.106. The van der Waals surface area contributed by atoms with E-state index in [9.17, 15) is 43.5 Å². The molecule has 0 spiro atoms. The molecule has 18 heteroatoms. The summed E-state index contributed by atoms with van der Waals surface area (Å²) in [4.78, 5) is 58.6. The largest absolute Gasteiger partial charge is 0.472 e. The number of ether oxygens (including phenoxy) is 3. The molecule has 5 atom stereocenters. The molecule has 0 aromatic heterocycles. The van der Waals surface area contributed by atoms with E-state index in [-0.39, 0.29) is 19.3 Å². The highest BCUT2D eigenvalue weighted by molar-refractivity contribution is 7.47. The van der Waals surface area contributed by atoms with Gasteiger partial charge < -0.3 is 34.2 Å². The first-order chi connectivity index (χ1) is 48.2. The minimum atomic E-state index is -4.93. The predicted molar refractivity (Wildman–Crippen MR) is 408 cm³/mol. The zero-order valence-corrected chi connectivity index (χ0v) is 64.2. The molecule has 5 unspecified atom stereocenters. The van der Waals surface area contributed by atoms with Gasteiger partial charge in [-0.05, 0) is 109 Å². The van der Waals surface area contributed by atoms with Crippen LogP contribution in [0.2, 0.25) is 0 Å². The zero-order valence-electron chi connectivity index (χ0n) is 62.4. The van der Waals surface area contributed by atoms with Crippen LogP contribution in [0.15, 0.2) is 109 Å². The molecule has 0 fully saturated rings. The molecular weight excluding hydrogens is 1290 g/mol. The Balaban J connectivity index is 4.55. The first-order valence-corrected chi connectivity index (χ1v) is 42.2. The van der Waals surface area contributed by atoms with E-state index in [1.165, 1.54) is 128 Å². The third kappa shape index (κ3) is 75.2. The fraction of sp³-hybridized carbons (Fsp3) is 0.741. The van der Waals surface area contributed by atoms with E-state index < -0.39 is 91.5 Å². The zero-order chi connectivity index (χ0) is 72.3. The van der Waals surface area contributed by atoms with E-state index in [4.69, 9.17) is 32.3 Å². The van der Waals surface area contributed by atoms with Crippen molar-refractivity contribution >= 4 is 33.6 Å². The Kier molecular flexibility index (Phi) is 71.1. The molecule has 572 valence electrons. The monoisotopic (exact) mass is 1430 g/mol. The van der Waals surface area contributed by atoms with Crippen molar-refractivity contribution in [3.63, 3.8) is 0 Å². The van der Waals surface area contributed by atoms with Crippen molar-refractivity contribution in [2.24, 2.45) is 0 Å². The smallest absolute Gasteiger partial charge is 0.463 e. The summed E-state index contributed by atoms with van der Waals surface area (Å²) in [6, 6.07) is 0. The second-order valence-corrected chi connectivity index (χ2v) is 29.0. The van der Waals surface area contributed by atoms with Gasteiger partial charge in [0.1, 0.15) is 25.4 Å². The maximum absolute atomic E-state index is 13.0. The number of allylic oxidation sites excluding steroid dienone is 18. The number of esters is 3. The molecule has 0 bridgehead atoms. The summed E-state index contributed by atoms with van der Waals surface area (Å²) in [5.41, 5.74) is 0. The van der Waals surface area contributed by atoms with Crippen molar-refractivity contribution in [3.8, 4) is 0 Å². The lowest BCUT2D eigenvalue weighted by Crippen LogP contribution is -2.30. The molecule has 0 amide bonds. The van der Waals surface area contributed by atoms with Gasteiger partial charge in [0.15, 0.2) is 6.10 Å². The highest BCUT2D eigenvalue weighted by Gasteiger charge is 2.29. The first-order valence-electron chi connectivity index (χ1n) is 39.2. The number of unbranched alkanes of at least 4 members (excludes halogenated alkanes) is 33. The number of phosphoric ester groups is 2. The Morgan fingerprint density at radius 3 is 0.869 bits per heavy atom. The summed E-state index contributed by atoms with van der Waals surface area (Å²) in [6.45, 7) is 2.55. The molecule has 16 nitrogen and oxygen atoms in total. The number of hydrogen-bond acceptors (Lipinski definition) is 14. The highest BCUT2D eigenvalue weighted by atomic mass is 31.2. The van der Waals surface area contributed by atoms with Gasteiger partial charge in [-0.15, -0.1) is 0 Å². The molecule has 99 heavy (non-hydrogen) atoms. The third-order valence-corrected chi connectivity index (χ3v) is 18.4. The molecule has 0 saturated heterocycles. The molecule has 0 aliphatic rings. The summed E-state index contributed by atoms with van der Waals surface area (Å²) >= 11 is 0. The molecule has 0 rings (SSSR count). The van der Waals surface area contributed by atoms with Crippen LogP contribution in [0, 0.1) is 0 Å². The lowest BCUT2D eigenvalue weighted by molar-refractivity contribution is -0.161. The van der Waals surface area contributed by atoms with E-state index in [2.05, 4.69) is 130 Å². The summed E-state index contributed by atoms with van der Waals surface area (Å²) in [5.74, 6) is -1.58. The van der Waals surface area contributed by atoms with Gasteiger partial charge in [0.05, 0.1) is 26.4 Å². The minimum Gasteiger partial charge on any atom is -0.463 e. The van der Waals surface area contributed by atoms with Gasteiger partial charge in [-0.3, -0.25) is 32.5 Å². The van der Waals surface area contributed by atoms with Crippen LogP contribution in [-0.4, -0.2) is 95.9 Å². The van der Waals surface area contributed by atoms with Gasteiger partial charge in [-0.2, -0.15) is 0 Å². The average molecular weight is 1430 g/mol. The predicted octanol–water partition coefficient (Wildman–Crippen LogP) is 22.8. The van der Waals surface area contributed by atoms with Crippen LogP contribution >= 0.6 is 15.6 Å². The summed E-state index contributed by atoms with van der Waals surface area (Å²) in [7, 11) is -9.78. The van der Waals surface area contributed by atoms with Crippen molar-refractivity contribution in [2.45, 2.75) is 347 Å². The van der Waals surface area contributed by atoms with E-state index in [0.717, 1.165) is 141 Å². The van der Waals surface area contributed by atoms with Crippen LogP contribution in [0.25, 0.3) is 0 Å². The van der Waals surface area contributed by atoms with Gasteiger partial charge in [0, 0.05) is 19.3 Å². The van der Waals surface area contributed by atoms with E-state index in [0.29, 0.717) is 19.3 Å². The van der Waals surface area contributed by atoms with Crippen LogP contribution in [0.1, 0.15) is 329 Å². The van der Waals surface area contributed by atoms with Crippen molar-refractivity contribution in [2.75, 3.05) is 39.6 Å². The van der Waals surface area contributed by atoms with E-state index >= 15 is 0 Å². The molecule has 0 heterocycles. The number of rotatable bonds is 74. The molecule has 0 aliphatic heterocycles. The highest BCUT2D eigenvalue weighted by Crippen LogP contribution is 2.45. The number of aliphatic hydroxyl groups is 2. The van der Waals surface area contributed by atoms with Crippen molar-refractivity contribution in [3.05, 3.63) is 109 Å². The fourth-order valence-electron chi connectivity index (χ4n) is 10.5. The fourth-order valence-corrected chi connectivity index (χ4v) is 12.1. The molecule has 0 aromatic rings. The number of carbonyl (C=O) groups is 3. The van der Waals surface area contributed by atoms with Crippen LogP contribution < -0.4 is 0 Å². The lowest BCUT2D eigenvalue weighted by Gasteiger charge is -2.21. The third-order valence-electron chi connectivity index (χ3n) is 16.5. The quantitative estimate of drug-likeness (QED) is 0.0146. The topological polar surface area (TPSA) is 231 Å². The molecule has 0 aliphatic carbocycles. The van der Waals surface area contributed by atoms with Crippen LogP contribution in [0.3, 0.4) is 0 Å². The Bertz CT molecular complexity index is 2240. The van der Waals surface area contributed by atoms with Crippen LogP contribution in [0.4, 0.5) is 0 Å².